The molecule has 30 heavy (non-hydrogen) atoms. The summed E-state index contributed by atoms with van der Waals surface area (Å²) in [7, 11) is 1.59. The van der Waals surface area contributed by atoms with Crippen LogP contribution in [0.4, 0.5) is 0 Å². The van der Waals surface area contributed by atoms with Gasteiger partial charge >= 0.3 is 0 Å². The van der Waals surface area contributed by atoms with Crippen LogP contribution in [0.3, 0.4) is 0 Å². The molecule has 0 atom stereocenters. The van der Waals surface area contributed by atoms with Crippen molar-refractivity contribution < 1.29 is 14.3 Å². The van der Waals surface area contributed by atoms with Crippen LogP contribution in [0.5, 0.6) is 11.5 Å². The lowest BCUT2D eigenvalue weighted by Crippen LogP contribution is -2.22. The summed E-state index contributed by atoms with van der Waals surface area (Å²) in [6, 6.07) is 12.5. The molecule has 0 fully saturated rings. The second kappa shape index (κ2) is 10.9. The Kier molecular flexibility index (Phi) is 8.52. The van der Waals surface area contributed by atoms with Crippen LogP contribution in [-0.4, -0.2) is 26.0 Å². The molecule has 2 rings (SSSR count). The molecule has 4 nitrogen and oxygen atoms in total. The molecule has 0 radical (unpaired) electrons. The van der Waals surface area contributed by atoms with E-state index in [4.69, 9.17) is 14.3 Å². The van der Waals surface area contributed by atoms with E-state index in [0.29, 0.717) is 13.2 Å². The first-order valence-corrected chi connectivity index (χ1v) is 10.4. The van der Waals surface area contributed by atoms with Crippen molar-refractivity contribution in [1.29, 1.82) is 0 Å². The zero-order valence-corrected chi connectivity index (χ0v) is 19.4. The second-order valence-corrected chi connectivity index (χ2v) is 8.44. The first kappa shape index (κ1) is 23.5. The van der Waals surface area contributed by atoms with Crippen LogP contribution in [0.25, 0.3) is 0 Å². The van der Waals surface area contributed by atoms with Gasteiger partial charge in [-0.3, -0.25) is 0 Å². The minimum atomic E-state index is -0.101. The highest BCUT2D eigenvalue weighted by molar-refractivity contribution is 6.03. The van der Waals surface area contributed by atoms with E-state index in [1.807, 2.05) is 31.2 Å². The summed E-state index contributed by atoms with van der Waals surface area (Å²) < 4.78 is 11.9. The molecule has 162 valence electrons. The van der Waals surface area contributed by atoms with Gasteiger partial charge in [-0.15, -0.1) is 0 Å². The molecule has 0 aliphatic carbocycles. The van der Waals surface area contributed by atoms with Gasteiger partial charge in [-0.05, 0) is 55.7 Å². The van der Waals surface area contributed by atoms with Crippen LogP contribution in [0, 0.1) is 19.3 Å². The van der Waals surface area contributed by atoms with E-state index in [2.05, 4.69) is 64.0 Å². The van der Waals surface area contributed by atoms with Crippen LogP contribution in [-0.2, 0) is 11.3 Å². The number of aryl methyl sites for hydroxylation is 2. The lowest BCUT2D eigenvalue weighted by Gasteiger charge is -2.21. The molecule has 0 aliphatic rings. The molecular weight excluding hydrogens is 374 g/mol. The highest BCUT2D eigenvalue weighted by Crippen LogP contribution is 2.29. The molecule has 0 aromatic heterocycles. The Balaban J connectivity index is 2.06. The minimum absolute atomic E-state index is 0.101. The van der Waals surface area contributed by atoms with Crippen LogP contribution in [0.1, 0.15) is 49.9 Å². The SMILES string of the molecule is C/C=C/COc1cc(C)c(OCCc2cccc(/C(=N/OC)C(C)(C)C)c2)c(C)c1. The highest BCUT2D eigenvalue weighted by Gasteiger charge is 2.22. The maximum atomic E-state index is 6.14. The lowest BCUT2D eigenvalue weighted by atomic mass is 9.85. The number of benzene rings is 2. The molecule has 0 heterocycles. The van der Waals surface area contributed by atoms with Gasteiger partial charge in [-0.25, -0.2) is 0 Å². The maximum Gasteiger partial charge on any atom is 0.125 e. The fraction of sp³-hybridized carbons (Fsp3) is 0.423. The zero-order chi connectivity index (χ0) is 22.1. The third-order valence-corrected chi connectivity index (χ3v) is 4.75. The largest absolute Gasteiger partial charge is 0.493 e. The van der Waals surface area contributed by atoms with E-state index >= 15 is 0 Å². The number of rotatable bonds is 9. The Labute approximate surface area is 181 Å². The summed E-state index contributed by atoms with van der Waals surface area (Å²) in [4.78, 5) is 5.08. The van der Waals surface area contributed by atoms with Crippen LogP contribution in [0.2, 0.25) is 0 Å². The average Bonchev–Trinajstić information content (AvgIpc) is 2.68. The first-order chi connectivity index (χ1) is 14.3. The van der Waals surface area contributed by atoms with E-state index in [1.165, 1.54) is 5.56 Å². The second-order valence-electron chi connectivity index (χ2n) is 8.44. The number of nitrogens with zero attached hydrogens (tertiary/aromatic N) is 1. The molecule has 0 saturated carbocycles. The number of allylic oxidation sites excluding steroid dienone is 1. The van der Waals surface area contributed by atoms with E-state index in [0.717, 1.165) is 40.3 Å². The molecule has 2 aromatic carbocycles. The first-order valence-electron chi connectivity index (χ1n) is 10.4. The van der Waals surface area contributed by atoms with Gasteiger partial charge in [0.05, 0.1) is 12.3 Å². The Hall–Kier alpha value is -2.75. The van der Waals surface area contributed by atoms with Crippen molar-refractivity contribution in [2.45, 2.75) is 48.0 Å². The van der Waals surface area contributed by atoms with Gasteiger partial charge in [-0.2, -0.15) is 0 Å². The highest BCUT2D eigenvalue weighted by atomic mass is 16.6. The Morgan fingerprint density at radius 3 is 2.33 bits per heavy atom. The molecule has 0 bridgehead atoms. The smallest absolute Gasteiger partial charge is 0.125 e. The van der Waals surface area contributed by atoms with Crippen molar-refractivity contribution in [3.8, 4) is 11.5 Å². The molecule has 0 aliphatic heterocycles. The fourth-order valence-corrected chi connectivity index (χ4v) is 3.32. The van der Waals surface area contributed by atoms with Crippen LogP contribution < -0.4 is 9.47 Å². The van der Waals surface area contributed by atoms with Crippen molar-refractivity contribution in [2.24, 2.45) is 10.6 Å². The van der Waals surface area contributed by atoms with E-state index in [1.54, 1.807) is 7.11 Å². The van der Waals surface area contributed by atoms with Gasteiger partial charge in [0.15, 0.2) is 0 Å². The van der Waals surface area contributed by atoms with Crippen molar-refractivity contribution in [1.82, 2.24) is 0 Å². The van der Waals surface area contributed by atoms with Crippen LogP contribution >= 0.6 is 0 Å². The fourth-order valence-electron chi connectivity index (χ4n) is 3.32. The zero-order valence-electron chi connectivity index (χ0n) is 19.4. The number of hydrogen-bond acceptors (Lipinski definition) is 4. The number of oxime groups is 1. The molecule has 0 spiro atoms. The molecule has 2 aromatic rings. The standard InChI is InChI=1S/C26H35NO3/c1-8-9-14-29-23-16-19(2)24(20(3)17-23)30-15-13-21-11-10-12-22(18-21)25(27-28-7)26(4,5)6/h8-12,16-18H,13-15H2,1-7H3/b9-8+,27-25-. The Bertz CT molecular complexity index is 868. The van der Waals surface area contributed by atoms with Gasteiger partial charge in [0.1, 0.15) is 25.2 Å². The van der Waals surface area contributed by atoms with Gasteiger partial charge in [0, 0.05) is 17.4 Å². The molecule has 0 amide bonds. The normalized spacial score (nSPS) is 12.3. The van der Waals surface area contributed by atoms with Gasteiger partial charge in [0.25, 0.3) is 0 Å². The average molecular weight is 410 g/mol. The monoisotopic (exact) mass is 409 g/mol. The summed E-state index contributed by atoms with van der Waals surface area (Å²) >= 11 is 0. The summed E-state index contributed by atoms with van der Waals surface area (Å²) in [5.74, 6) is 1.80. The summed E-state index contributed by atoms with van der Waals surface area (Å²) in [5, 5.41) is 4.26. The number of hydrogen-bond donors (Lipinski definition) is 0. The molecular formula is C26H35NO3. The molecule has 0 N–H and O–H groups in total. The number of ether oxygens (including phenoxy) is 2. The minimum Gasteiger partial charge on any atom is -0.493 e. The molecule has 4 heteroatoms. The predicted molar refractivity (Wildman–Crippen MR) is 125 cm³/mol. The van der Waals surface area contributed by atoms with Crippen molar-refractivity contribution in [3.05, 3.63) is 70.8 Å². The van der Waals surface area contributed by atoms with Crippen molar-refractivity contribution >= 4 is 5.71 Å². The lowest BCUT2D eigenvalue weighted by molar-refractivity contribution is 0.209. The van der Waals surface area contributed by atoms with E-state index in [9.17, 15) is 0 Å². The van der Waals surface area contributed by atoms with E-state index in [-0.39, 0.29) is 5.41 Å². The van der Waals surface area contributed by atoms with Crippen molar-refractivity contribution in [3.63, 3.8) is 0 Å². The third-order valence-electron chi connectivity index (χ3n) is 4.75. The van der Waals surface area contributed by atoms with Crippen LogP contribution in [0.15, 0.2) is 53.7 Å². The third kappa shape index (κ3) is 6.65. The molecule has 0 unspecified atom stereocenters. The summed E-state index contributed by atoms with van der Waals surface area (Å²) in [6.45, 7) is 13.7. The summed E-state index contributed by atoms with van der Waals surface area (Å²) in [6.07, 6.45) is 4.79. The van der Waals surface area contributed by atoms with Crippen molar-refractivity contribution in [2.75, 3.05) is 20.3 Å². The predicted octanol–water partition coefficient (Wildman–Crippen LogP) is 6.28. The Morgan fingerprint density at radius 2 is 1.73 bits per heavy atom. The van der Waals surface area contributed by atoms with E-state index < -0.39 is 0 Å². The van der Waals surface area contributed by atoms with Gasteiger partial charge in [0.2, 0.25) is 0 Å². The van der Waals surface area contributed by atoms with Gasteiger partial charge in [-0.1, -0.05) is 56.3 Å². The maximum absolute atomic E-state index is 6.14. The topological polar surface area (TPSA) is 40.0 Å². The quantitative estimate of drug-likeness (QED) is 0.278. The molecule has 0 saturated heterocycles. The van der Waals surface area contributed by atoms with Gasteiger partial charge < -0.3 is 14.3 Å². The summed E-state index contributed by atoms with van der Waals surface area (Å²) in [5.41, 5.74) is 5.30. The Morgan fingerprint density at radius 1 is 1.03 bits per heavy atom.